The number of aryl methyl sites for hydroxylation is 1. The van der Waals surface area contributed by atoms with Gasteiger partial charge in [-0.05, 0) is 59.7 Å². The van der Waals surface area contributed by atoms with Crippen molar-refractivity contribution in [2.24, 2.45) is 5.92 Å². The third-order valence-electron chi connectivity index (χ3n) is 4.33. The number of hydrogen-bond donors (Lipinski definition) is 1. The van der Waals surface area contributed by atoms with Crippen molar-refractivity contribution in [3.8, 4) is 0 Å². The summed E-state index contributed by atoms with van der Waals surface area (Å²) in [4.78, 5) is 4.71. The van der Waals surface area contributed by atoms with Gasteiger partial charge in [0.2, 0.25) is 0 Å². The van der Waals surface area contributed by atoms with E-state index >= 15 is 0 Å². The Morgan fingerprint density at radius 3 is 2.50 bits per heavy atom. The van der Waals surface area contributed by atoms with Crippen LogP contribution in [0.2, 0.25) is 0 Å². The zero-order chi connectivity index (χ0) is 14.9. The van der Waals surface area contributed by atoms with Crippen molar-refractivity contribution in [1.29, 1.82) is 0 Å². The van der Waals surface area contributed by atoms with Crippen LogP contribution in [-0.2, 0) is 0 Å². The highest BCUT2D eigenvalue weighted by molar-refractivity contribution is 5.66. The first-order valence-corrected chi connectivity index (χ1v) is 7.64. The van der Waals surface area contributed by atoms with Crippen molar-refractivity contribution in [3.05, 3.63) is 5.69 Å². The maximum atomic E-state index is 6.24. The molecule has 5 nitrogen and oxygen atoms in total. The SMILES string of the molecule is Cc1nn(C(C)C)c(N(C)CC2CCN(C)CC2)c1N. The van der Waals surface area contributed by atoms with Gasteiger partial charge in [0.15, 0.2) is 5.82 Å². The van der Waals surface area contributed by atoms with Crippen LogP contribution in [0.4, 0.5) is 11.5 Å². The van der Waals surface area contributed by atoms with Gasteiger partial charge in [-0.15, -0.1) is 0 Å². The number of rotatable bonds is 4. The van der Waals surface area contributed by atoms with E-state index in [1.807, 2.05) is 6.92 Å². The highest BCUT2D eigenvalue weighted by Gasteiger charge is 2.23. The Hall–Kier alpha value is -1.23. The molecule has 1 saturated heterocycles. The Morgan fingerprint density at radius 1 is 1.35 bits per heavy atom. The molecule has 5 heteroatoms. The van der Waals surface area contributed by atoms with Crippen LogP contribution in [-0.4, -0.2) is 48.4 Å². The van der Waals surface area contributed by atoms with E-state index in [0.29, 0.717) is 6.04 Å². The topological polar surface area (TPSA) is 50.3 Å². The maximum Gasteiger partial charge on any atom is 0.150 e. The Balaban J connectivity index is 2.10. The van der Waals surface area contributed by atoms with Crippen LogP contribution in [0.25, 0.3) is 0 Å². The van der Waals surface area contributed by atoms with Gasteiger partial charge in [-0.25, -0.2) is 4.68 Å². The molecule has 2 heterocycles. The standard InChI is InChI=1S/C15H29N5/c1-11(2)20-15(14(16)12(3)17-20)19(5)10-13-6-8-18(4)9-7-13/h11,13H,6-10,16H2,1-5H3. The normalized spacial score (nSPS) is 17.9. The van der Waals surface area contributed by atoms with Gasteiger partial charge in [-0.3, -0.25) is 0 Å². The summed E-state index contributed by atoms with van der Waals surface area (Å²) >= 11 is 0. The van der Waals surface area contributed by atoms with Crippen molar-refractivity contribution in [1.82, 2.24) is 14.7 Å². The summed E-state index contributed by atoms with van der Waals surface area (Å²) in [7, 11) is 4.35. The molecular weight excluding hydrogens is 250 g/mol. The summed E-state index contributed by atoms with van der Waals surface area (Å²) in [6.45, 7) is 9.77. The molecule has 1 fully saturated rings. The summed E-state index contributed by atoms with van der Waals surface area (Å²) in [5.74, 6) is 1.84. The van der Waals surface area contributed by atoms with Crippen LogP contribution in [0.1, 0.15) is 38.4 Å². The fourth-order valence-electron chi connectivity index (χ4n) is 3.01. The quantitative estimate of drug-likeness (QED) is 0.917. The van der Waals surface area contributed by atoms with Gasteiger partial charge in [0.1, 0.15) is 0 Å². The minimum Gasteiger partial charge on any atom is -0.394 e. The molecule has 0 spiro atoms. The molecule has 114 valence electrons. The van der Waals surface area contributed by atoms with Crippen molar-refractivity contribution >= 4 is 11.5 Å². The zero-order valence-corrected chi connectivity index (χ0v) is 13.6. The van der Waals surface area contributed by atoms with E-state index in [-0.39, 0.29) is 0 Å². The fraction of sp³-hybridized carbons (Fsp3) is 0.800. The Morgan fingerprint density at radius 2 is 1.95 bits per heavy atom. The minimum atomic E-state index is 0.334. The van der Waals surface area contributed by atoms with E-state index in [1.165, 1.54) is 25.9 Å². The predicted octanol–water partition coefficient (Wildman–Crippen LogP) is 2.13. The summed E-state index contributed by atoms with van der Waals surface area (Å²) in [6.07, 6.45) is 2.55. The van der Waals surface area contributed by atoms with Crippen molar-refractivity contribution in [2.75, 3.05) is 44.4 Å². The molecule has 1 aliphatic heterocycles. The first kappa shape index (κ1) is 15.2. The van der Waals surface area contributed by atoms with Gasteiger partial charge in [0, 0.05) is 19.6 Å². The Kier molecular flexibility index (Phi) is 4.58. The van der Waals surface area contributed by atoms with E-state index in [4.69, 9.17) is 5.73 Å². The lowest BCUT2D eigenvalue weighted by molar-refractivity contribution is 0.222. The number of piperidine rings is 1. The van der Waals surface area contributed by atoms with E-state index in [1.54, 1.807) is 0 Å². The second-order valence-electron chi connectivity index (χ2n) is 6.49. The number of nitrogens with zero attached hydrogens (tertiary/aromatic N) is 4. The lowest BCUT2D eigenvalue weighted by atomic mass is 9.96. The largest absolute Gasteiger partial charge is 0.394 e. The van der Waals surface area contributed by atoms with Gasteiger partial charge < -0.3 is 15.5 Å². The zero-order valence-electron chi connectivity index (χ0n) is 13.6. The number of aromatic nitrogens is 2. The van der Waals surface area contributed by atoms with E-state index in [0.717, 1.165) is 29.7 Å². The van der Waals surface area contributed by atoms with Crippen LogP contribution >= 0.6 is 0 Å². The average Bonchev–Trinajstić information content (AvgIpc) is 2.69. The van der Waals surface area contributed by atoms with Crippen LogP contribution < -0.4 is 10.6 Å². The Labute approximate surface area is 122 Å². The highest BCUT2D eigenvalue weighted by Crippen LogP contribution is 2.30. The molecule has 0 bridgehead atoms. The van der Waals surface area contributed by atoms with Crippen LogP contribution in [0.3, 0.4) is 0 Å². The van der Waals surface area contributed by atoms with Gasteiger partial charge in [0.25, 0.3) is 0 Å². The molecule has 1 aromatic rings. The summed E-state index contributed by atoms with van der Waals surface area (Å²) in [6, 6.07) is 0.334. The first-order chi connectivity index (χ1) is 9.40. The number of nitrogens with two attached hydrogens (primary N) is 1. The second kappa shape index (κ2) is 6.04. The molecule has 2 rings (SSSR count). The lowest BCUT2D eigenvalue weighted by Crippen LogP contribution is -2.36. The van der Waals surface area contributed by atoms with Crippen LogP contribution in [0, 0.1) is 12.8 Å². The monoisotopic (exact) mass is 279 g/mol. The number of hydrogen-bond acceptors (Lipinski definition) is 4. The lowest BCUT2D eigenvalue weighted by Gasteiger charge is -2.33. The second-order valence-corrected chi connectivity index (χ2v) is 6.49. The molecule has 0 aliphatic carbocycles. The van der Waals surface area contributed by atoms with Gasteiger partial charge >= 0.3 is 0 Å². The van der Waals surface area contributed by atoms with Crippen molar-refractivity contribution in [3.63, 3.8) is 0 Å². The van der Waals surface area contributed by atoms with Crippen LogP contribution in [0.15, 0.2) is 0 Å². The minimum absolute atomic E-state index is 0.334. The van der Waals surface area contributed by atoms with Gasteiger partial charge in [0.05, 0.1) is 11.4 Å². The van der Waals surface area contributed by atoms with E-state index in [9.17, 15) is 0 Å². The molecule has 1 aliphatic rings. The molecule has 0 aromatic carbocycles. The predicted molar refractivity (Wildman–Crippen MR) is 85.3 cm³/mol. The molecule has 0 saturated carbocycles. The third-order valence-corrected chi connectivity index (χ3v) is 4.33. The average molecular weight is 279 g/mol. The smallest absolute Gasteiger partial charge is 0.150 e. The highest BCUT2D eigenvalue weighted by atomic mass is 15.4. The Bertz CT molecular complexity index is 443. The van der Waals surface area contributed by atoms with Crippen molar-refractivity contribution < 1.29 is 0 Å². The molecule has 0 radical (unpaired) electrons. The fourth-order valence-corrected chi connectivity index (χ4v) is 3.01. The van der Waals surface area contributed by atoms with Crippen molar-refractivity contribution in [2.45, 2.75) is 39.7 Å². The van der Waals surface area contributed by atoms with E-state index in [2.05, 4.69) is 47.5 Å². The summed E-state index contributed by atoms with van der Waals surface area (Å²) < 4.78 is 2.06. The summed E-state index contributed by atoms with van der Waals surface area (Å²) in [5.41, 5.74) is 8.00. The molecule has 0 atom stereocenters. The molecule has 0 unspecified atom stereocenters. The van der Waals surface area contributed by atoms with Gasteiger partial charge in [-0.1, -0.05) is 0 Å². The van der Waals surface area contributed by atoms with Gasteiger partial charge in [-0.2, -0.15) is 5.10 Å². The van der Waals surface area contributed by atoms with E-state index < -0.39 is 0 Å². The van der Waals surface area contributed by atoms with Crippen LogP contribution in [0.5, 0.6) is 0 Å². The molecule has 20 heavy (non-hydrogen) atoms. The number of anilines is 2. The molecule has 2 N–H and O–H groups in total. The maximum absolute atomic E-state index is 6.24. The molecule has 0 amide bonds. The summed E-state index contributed by atoms with van der Waals surface area (Å²) in [5, 5.41) is 4.58. The molecule has 1 aromatic heterocycles. The molecular formula is C15H29N5. The first-order valence-electron chi connectivity index (χ1n) is 7.64. The number of nitrogen functional groups attached to an aromatic ring is 1. The number of likely N-dealkylation sites (tertiary alicyclic amines) is 1. The third kappa shape index (κ3) is 3.08.